The highest BCUT2D eigenvalue weighted by molar-refractivity contribution is 5.37. The van der Waals surface area contributed by atoms with Crippen molar-refractivity contribution in [2.45, 2.75) is 39.2 Å². The zero-order valence-electron chi connectivity index (χ0n) is 12.2. The van der Waals surface area contributed by atoms with Gasteiger partial charge in [0.25, 0.3) is 5.95 Å². The van der Waals surface area contributed by atoms with Crippen molar-refractivity contribution in [2.24, 2.45) is 0 Å². The average molecular weight is 275 g/mol. The fourth-order valence-electron chi connectivity index (χ4n) is 1.83. The van der Waals surface area contributed by atoms with Crippen LogP contribution in [0.2, 0.25) is 0 Å². The molecule has 2 rings (SSSR count). The average Bonchev–Trinajstić information content (AvgIpc) is 2.99. The fourth-order valence-corrected chi connectivity index (χ4v) is 1.83. The van der Waals surface area contributed by atoms with Gasteiger partial charge in [-0.3, -0.25) is 0 Å². The second-order valence-electron chi connectivity index (χ2n) is 4.67. The summed E-state index contributed by atoms with van der Waals surface area (Å²) in [6.45, 7) is 4.32. The van der Waals surface area contributed by atoms with E-state index in [0.29, 0.717) is 23.9 Å². The molecule has 2 aromatic rings. The Balaban J connectivity index is 2.18. The normalized spacial score (nSPS) is 12.2. The summed E-state index contributed by atoms with van der Waals surface area (Å²) in [5.41, 5.74) is 0. The van der Waals surface area contributed by atoms with Gasteiger partial charge in [0.15, 0.2) is 0 Å². The summed E-state index contributed by atoms with van der Waals surface area (Å²) >= 11 is 0. The molecule has 0 spiro atoms. The summed E-state index contributed by atoms with van der Waals surface area (Å²) in [5.74, 6) is 1.59. The molecule has 7 heteroatoms. The summed E-state index contributed by atoms with van der Waals surface area (Å²) in [6.07, 6.45) is 6.96. The first-order valence-electron chi connectivity index (χ1n) is 6.93. The van der Waals surface area contributed by atoms with Crippen LogP contribution in [-0.2, 0) is 0 Å². The second kappa shape index (κ2) is 6.83. The third kappa shape index (κ3) is 3.66. The topological polar surface area (TPSA) is 80.5 Å². The van der Waals surface area contributed by atoms with E-state index >= 15 is 0 Å². The van der Waals surface area contributed by atoms with Crippen LogP contribution in [0.25, 0.3) is 5.95 Å². The van der Waals surface area contributed by atoms with E-state index in [-0.39, 0.29) is 0 Å². The lowest BCUT2D eigenvalue weighted by molar-refractivity contribution is 0.639. The van der Waals surface area contributed by atoms with E-state index in [2.05, 4.69) is 44.5 Å². The van der Waals surface area contributed by atoms with Gasteiger partial charge in [-0.05, 0) is 19.4 Å². The highest BCUT2D eigenvalue weighted by Gasteiger charge is 2.09. The van der Waals surface area contributed by atoms with Crippen molar-refractivity contribution in [1.29, 1.82) is 0 Å². The maximum Gasteiger partial charge on any atom is 0.257 e. The van der Waals surface area contributed by atoms with E-state index in [0.717, 1.165) is 6.42 Å². The number of hydrogen-bond acceptors (Lipinski definition) is 6. The first-order chi connectivity index (χ1) is 9.72. The molecule has 1 atom stereocenters. The summed E-state index contributed by atoms with van der Waals surface area (Å²) in [4.78, 5) is 13.0. The van der Waals surface area contributed by atoms with E-state index in [1.54, 1.807) is 24.1 Å². The molecular weight excluding hydrogens is 254 g/mol. The molecule has 0 saturated heterocycles. The molecular formula is C13H21N7. The van der Waals surface area contributed by atoms with E-state index in [9.17, 15) is 0 Å². The van der Waals surface area contributed by atoms with Gasteiger partial charge in [0.05, 0.1) is 0 Å². The lowest BCUT2D eigenvalue weighted by Gasteiger charge is -2.14. The largest absolute Gasteiger partial charge is 0.357 e. The monoisotopic (exact) mass is 275 g/mol. The molecule has 0 aliphatic rings. The number of unbranched alkanes of at least 4 members (excludes halogenated alkanes) is 1. The van der Waals surface area contributed by atoms with Crippen molar-refractivity contribution in [3.8, 4) is 5.95 Å². The second-order valence-corrected chi connectivity index (χ2v) is 4.67. The predicted octanol–water partition coefficient (Wildman–Crippen LogP) is 2.09. The lowest BCUT2D eigenvalue weighted by Crippen LogP contribution is -2.19. The fraction of sp³-hybridized carbons (Fsp3) is 0.538. The molecule has 0 aliphatic heterocycles. The first kappa shape index (κ1) is 14.2. The number of rotatable bonds is 7. The van der Waals surface area contributed by atoms with Crippen molar-refractivity contribution in [2.75, 3.05) is 17.7 Å². The minimum absolute atomic E-state index is 0.326. The predicted molar refractivity (Wildman–Crippen MR) is 79.1 cm³/mol. The van der Waals surface area contributed by atoms with E-state index in [1.807, 2.05) is 6.07 Å². The SMILES string of the molecule is CCCCC(C)Nc1nc(NC)nc(-n2cccn2)n1. The Morgan fingerprint density at radius 2 is 2.05 bits per heavy atom. The lowest BCUT2D eigenvalue weighted by atomic mass is 10.1. The number of aromatic nitrogens is 5. The molecule has 20 heavy (non-hydrogen) atoms. The molecule has 2 heterocycles. The van der Waals surface area contributed by atoms with Crippen LogP contribution >= 0.6 is 0 Å². The zero-order valence-corrected chi connectivity index (χ0v) is 12.2. The molecule has 0 aromatic carbocycles. The molecule has 0 amide bonds. The Hall–Kier alpha value is -2.18. The molecule has 1 unspecified atom stereocenters. The molecule has 0 saturated carbocycles. The third-order valence-corrected chi connectivity index (χ3v) is 2.92. The Bertz CT molecular complexity index is 524. The molecule has 0 bridgehead atoms. The number of nitrogens with zero attached hydrogens (tertiary/aromatic N) is 5. The number of hydrogen-bond donors (Lipinski definition) is 2. The smallest absolute Gasteiger partial charge is 0.257 e. The molecule has 108 valence electrons. The van der Waals surface area contributed by atoms with Gasteiger partial charge in [-0.25, -0.2) is 4.68 Å². The highest BCUT2D eigenvalue weighted by atomic mass is 15.4. The van der Waals surface area contributed by atoms with Crippen LogP contribution < -0.4 is 10.6 Å². The minimum Gasteiger partial charge on any atom is -0.357 e. The Morgan fingerprint density at radius 1 is 1.25 bits per heavy atom. The standard InChI is InChI=1S/C13H21N7/c1-4-5-7-10(2)16-12-17-11(14-3)18-13(19-12)20-9-6-8-15-20/h6,8-10H,4-5,7H2,1-3H3,(H2,14,16,17,18,19). The number of nitrogens with one attached hydrogen (secondary N) is 2. The van der Waals surface area contributed by atoms with Gasteiger partial charge >= 0.3 is 0 Å². The van der Waals surface area contributed by atoms with Gasteiger partial charge in [-0.1, -0.05) is 19.8 Å². The molecule has 0 aliphatic carbocycles. The van der Waals surface area contributed by atoms with Crippen LogP contribution in [0.4, 0.5) is 11.9 Å². The van der Waals surface area contributed by atoms with Crippen LogP contribution in [0.15, 0.2) is 18.5 Å². The van der Waals surface area contributed by atoms with E-state index < -0.39 is 0 Å². The third-order valence-electron chi connectivity index (χ3n) is 2.92. The van der Waals surface area contributed by atoms with Gasteiger partial charge < -0.3 is 10.6 Å². The van der Waals surface area contributed by atoms with Crippen molar-refractivity contribution in [1.82, 2.24) is 24.7 Å². The Kier molecular flexibility index (Phi) is 4.86. The quantitative estimate of drug-likeness (QED) is 0.805. The van der Waals surface area contributed by atoms with Crippen LogP contribution in [0.3, 0.4) is 0 Å². The van der Waals surface area contributed by atoms with Crippen LogP contribution in [0.1, 0.15) is 33.1 Å². The molecule has 2 N–H and O–H groups in total. The van der Waals surface area contributed by atoms with Crippen LogP contribution in [-0.4, -0.2) is 37.8 Å². The van der Waals surface area contributed by atoms with Gasteiger partial charge in [0, 0.05) is 25.5 Å². The van der Waals surface area contributed by atoms with Crippen molar-refractivity contribution < 1.29 is 0 Å². The van der Waals surface area contributed by atoms with Crippen LogP contribution in [0, 0.1) is 0 Å². The maximum atomic E-state index is 4.40. The summed E-state index contributed by atoms with van der Waals surface area (Å²) in [7, 11) is 1.78. The van der Waals surface area contributed by atoms with Gasteiger partial charge in [0.1, 0.15) is 0 Å². The minimum atomic E-state index is 0.326. The molecule has 7 nitrogen and oxygen atoms in total. The first-order valence-corrected chi connectivity index (χ1v) is 6.93. The van der Waals surface area contributed by atoms with Crippen molar-refractivity contribution in [3.05, 3.63) is 18.5 Å². The van der Waals surface area contributed by atoms with E-state index in [1.165, 1.54) is 12.8 Å². The summed E-state index contributed by atoms with van der Waals surface area (Å²) in [5, 5.41) is 10.4. The maximum absolute atomic E-state index is 4.40. The highest BCUT2D eigenvalue weighted by Crippen LogP contribution is 2.11. The van der Waals surface area contributed by atoms with Gasteiger partial charge in [-0.2, -0.15) is 20.1 Å². The van der Waals surface area contributed by atoms with E-state index in [4.69, 9.17) is 0 Å². The molecule has 0 radical (unpaired) electrons. The van der Waals surface area contributed by atoms with Crippen molar-refractivity contribution in [3.63, 3.8) is 0 Å². The zero-order chi connectivity index (χ0) is 14.4. The van der Waals surface area contributed by atoms with Gasteiger partial charge in [0.2, 0.25) is 11.9 Å². The Morgan fingerprint density at radius 3 is 2.70 bits per heavy atom. The number of anilines is 2. The summed E-state index contributed by atoms with van der Waals surface area (Å²) < 4.78 is 1.62. The summed E-state index contributed by atoms with van der Waals surface area (Å²) in [6, 6.07) is 2.16. The Labute approximate surface area is 118 Å². The molecule has 2 aromatic heterocycles. The van der Waals surface area contributed by atoms with Crippen LogP contribution in [0.5, 0.6) is 0 Å². The molecule has 0 fully saturated rings. The van der Waals surface area contributed by atoms with Crippen molar-refractivity contribution >= 4 is 11.9 Å². The van der Waals surface area contributed by atoms with Gasteiger partial charge in [-0.15, -0.1) is 0 Å².